The van der Waals surface area contributed by atoms with Crippen LogP contribution in [0.3, 0.4) is 0 Å². The van der Waals surface area contributed by atoms with Crippen LogP contribution in [0.15, 0.2) is 28.7 Å². The van der Waals surface area contributed by atoms with Gasteiger partial charge in [-0.1, -0.05) is 41.9 Å². The molecule has 5 nitrogen and oxygen atoms in total. The number of amides is 2. The quantitative estimate of drug-likeness (QED) is 0.707. The summed E-state index contributed by atoms with van der Waals surface area (Å²) in [6.07, 6.45) is 0.998. The molecule has 3 N–H and O–H groups in total. The predicted molar refractivity (Wildman–Crippen MR) is 100 cm³/mol. The van der Waals surface area contributed by atoms with E-state index >= 15 is 0 Å². The third kappa shape index (κ3) is 7.01. The van der Waals surface area contributed by atoms with Crippen molar-refractivity contribution < 1.29 is 9.59 Å². The molecule has 0 aliphatic carbocycles. The average molecular weight is 398 g/mol. The summed E-state index contributed by atoms with van der Waals surface area (Å²) in [5.74, 6) is 0.233. The standard InChI is InChI=1S/C18H28BrN3O2/c1-12(2)16(20)9-10-22(4)18(24)11-17(21-13(3)23)14-5-7-15(19)8-6-14/h5-8,12,16-17H,9-11,20H2,1-4H3,(H,21,23). The van der Waals surface area contributed by atoms with Crippen molar-refractivity contribution in [3.63, 3.8) is 0 Å². The first-order valence-electron chi connectivity index (χ1n) is 8.22. The molecule has 0 fully saturated rings. The van der Waals surface area contributed by atoms with Crippen molar-refractivity contribution in [3.8, 4) is 0 Å². The van der Waals surface area contributed by atoms with Gasteiger partial charge in [-0.25, -0.2) is 0 Å². The van der Waals surface area contributed by atoms with Gasteiger partial charge in [0, 0.05) is 31.0 Å². The summed E-state index contributed by atoms with van der Waals surface area (Å²) in [6.45, 7) is 6.23. The van der Waals surface area contributed by atoms with Crippen molar-refractivity contribution in [2.24, 2.45) is 11.7 Å². The zero-order valence-corrected chi connectivity index (χ0v) is 16.5. The second-order valence-corrected chi connectivity index (χ2v) is 7.44. The Hall–Kier alpha value is -1.40. The molecular formula is C18H28BrN3O2. The van der Waals surface area contributed by atoms with Crippen LogP contribution < -0.4 is 11.1 Å². The van der Waals surface area contributed by atoms with Crippen LogP contribution in [-0.4, -0.2) is 36.3 Å². The van der Waals surface area contributed by atoms with Gasteiger partial charge < -0.3 is 16.0 Å². The summed E-state index contributed by atoms with van der Waals surface area (Å²) >= 11 is 3.39. The number of benzene rings is 1. The van der Waals surface area contributed by atoms with Gasteiger partial charge >= 0.3 is 0 Å². The van der Waals surface area contributed by atoms with Crippen molar-refractivity contribution in [1.82, 2.24) is 10.2 Å². The number of hydrogen-bond acceptors (Lipinski definition) is 3. The monoisotopic (exact) mass is 397 g/mol. The summed E-state index contributed by atoms with van der Waals surface area (Å²) in [4.78, 5) is 25.6. The molecule has 0 aliphatic heterocycles. The molecule has 6 heteroatoms. The van der Waals surface area contributed by atoms with Crippen molar-refractivity contribution in [2.75, 3.05) is 13.6 Å². The van der Waals surface area contributed by atoms with Crippen LogP contribution in [0.5, 0.6) is 0 Å². The maximum absolute atomic E-state index is 12.5. The molecule has 0 bridgehead atoms. The lowest BCUT2D eigenvalue weighted by atomic mass is 10.0. The molecular weight excluding hydrogens is 370 g/mol. The molecule has 2 atom stereocenters. The Morgan fingerprint density at radius 1 is 1.25 bits per heavy atom. The van der Waals surface area contributed by atoms with Crippen LogP contribution in [0.1, 0.15) is 45.2 Å². The highest BCUT2D eigenvalue weighted by atomic mass is 79.9. The fraction of sp³-hybridized carbons (Fsp3) is 0.556. The molecule has 1 aromatic carbocycles. The molecule has 0 spiro atoms. The van der Waals surface area contributed by atoms with Gasteiger partial charge in [-0.15, -0.1) is 0 Å². The lowest BCUT2D eigenvalue weighted by Crippen LogP contribution is -2.37. The molecule has 134 valence electrons. The van der Waals surface area contributed by atoms with E-state index in [1.807, 2.05) is 24.3 Å². The average Bonchev–Trinajstić information content (AvgIpc) is 2.51. The molecule has 1 rings (SSSR count). The zero-order chi connectivity index (χ0) is 18.3. The highest BCUT2D eigenvalue weighted by Gasteiger charge is 2.20. The summed E-state index contributed by atoms with van der Waals surface area (Å²) < 4.78 is 0.957. The molecule has 2 amide bonds. The van der Waals surface area contributed by atoms with Gasteiger partial charge in [0.15, 0.2) is 0 Å². The maximum atomic E-state index is 12.5. The molecule has 0 radical (unpaired) electrons. The molecule has 24 heavy (non-hydrogen) atoms. The van der Waals surface area contributed by atoms with E-state index in [-0.39, 0.29) is 30.3 Å². The summed E-state index contributed by atoms with van der Waals surface area (Å²) in [5.41, 5.74) is 6.95. The summed E-state index contributed by atoms with van der Waals surface area (Å²) in [7, 11) is 1.78. The number of nitrogens with zero attached hydrogens (tertiary/aromatic N) is 1. The lowest BCUT2D eigenvalue weighted by Gasteiger charge is -2.24. The van der Waals surface area contributed by atoms with Crippen LogP contribution in [0.4, 0.5) is 0 Å². The van der Waals surface area contributed by atoms with E-state index in [0.29, 0.717) is 12.5 Å². The number of hydrogen-bond donors (Lipinski definition) is 2. The van der Waals surface area contributed by atoms with Crippen molar-refractivity contribution in [1.29, 1.82) is 0 Å². The van der Waals surface area contributed by atoms with Gasteiger partial charge in [-0.2, -0.15) is 0 Å². The van der Waals surface area contributed by atoms with Crippen LogP contribution in [0, 0.1) is 5.92 Å². The Kier molecular flexibility index (Phi) is 8.42. The van der Waals surface area contributed by atoms with Gasteiger partial charge in [0.25, 0.3) is 0 Å². The molecule has 1 aromatic rings. The highest BCUT2D eigenvalue weighted by molar-refractivity contribution is 9.10. The van der Waals surface area contributed by atoms with E-state index in [1.54, 1.807) is 11.9 Å². The first-order valence-corrected chi connectivity index (χ1v) is 9.02. The van der Waals surface area contributed by atoms with Crippen molar-refractivity contribution in [3.05, 3.63) is 34.3 Å². The number of carbonyl (C=O) groups excluding carboxylic acids is 2. The topological polar surface area (TPSA) is 75.4 Å². The molecule has 0 saturated heterocycles. The number of rotatable bonds is 8. The zero-order valence-electron chi connectivity index (χ0n) is 14.9. The Morgan fingerprint density at radius 2 is 1.83 bits per heavy atom. The van der Waals surface area contributed by atoms with Crippen molar-refractivity contribution >= 4 is 27.7 Å². The largest absolute Gasteiger partial charge is 0.349 e. The Labute approximate surface area is 153 Å². The van der Waals surface area contributed by atoms with Gasteiger partial charge in [0.05, 0.1) is 12.5 Å². The summed E-state index contributed by atoms with van der Waals surface area (Å²) in [5, 5.41) is 2.86. The number of halogens is 1. The molecule has 0 saturated carbocycles. The van der Waals surface area contributed by atoms with Crippen LogP contribution in [0.25, 0.3) is 0 Å². The Balaban J connectivity index is 2.70. The van der Waals surface area contributed by atoms with Crippen molar-refractivity contribution in [2.45, 2.75) is 45.7 Å². The second kappa shape index (κ2) is 9.79. The predicted octanol–water partition coefficient (Wildman–Crippen LogP) is 2.85. The lowest BCUT2D eigenvalue weighted by molar-refractivity contribution is -0.130. The third-order valence-corrected chi connectivity index (χ3v) is 4.64. The Morgan fingerprint density at radius 3 is 2.33 bits per heavy atom. The number of nitrogens with two attached hydrogens (primary N) is 1. The molecule has 2 unspecified atom stereocenters. The van der Waals surface area contributed by atoms with E-state index in [4.69, 9.17) is 5.73 Å². The smallest absolute Gasteiger partial charge is 0.224 e. The van der Waals surface area contributed by atoms with Gasteiger partial charge in [-0.05, 0) is 30.0 Å². The highest BCUT2D eigenvalue weighted by Crippen LogP contribution is 2.20. The Bertz CT molecular complexity index is 546. The molecule has 0 heterocycles. The van der Waals surface area contributed by atoms with E-state index in [2.05, 4.69) is 35.1 Å². The second-order valence-electron chi connectivity index (χ2n) is 6.52. The number of carbonyl (C=O) groups is 2. The fourth-order valence-electron chi connectivity index (χ4n) is 2.32. The maximum Gasteiger partial charge on any atom is 0.224 e. The van der Waals surface area contributed by atoms with E-state index in [9.17, 15) is 9.59 Å². The van der Waals surface area contributed by atoms with Gasteiger partial charge in [0.2, 0.25) is 11.8 Å². The van der Waals surface area contributed by atoms with Gasteiger partial charge in [-0.3, -0.25) is 9.59 Å². The van der Waals surface area contributed by atoms with E-state index in [0.717, 1.165) is 16.5 Å². The van der Waals surface area contributed by atoms with Crippen LogP contribution in [0.2, 0.25) is 0 Å². The van der Waals surface area contributed by atoms with Crippen LogP contribution in [-0.2, 0) is 9.59 Å². The van der Waals surface area contributed by atoms with E-state index in [1.165, 1.54) is 6.92 Å². The first-order chi connectivity index (χ1) is 11.2. The summed E-state index contributed by atoms with van der Waals surface area (Å²) in [6, 6.07) is 7.38. The minimum atomic E-state index is -0.329. The molecule has 0 aromatic heterocycles. The fourth-order valence-corrected chi connectivity index (χ4v) is 2.59. The third-order valence-electron chi connectivity index (χ3n) is 4.11. The number of nitrogens with one attached hydrogen (secondary N) is 1. The van der Waals surface area contributed by atoms with E-state index < -0.39 is 0 Å². The van der Waals surface area contributed by atoms with Crippen LogP contribution >= 0.6 is 15.9 Å². The minimum absolute atomic E-state index is 0.00683. The molecule has 0 aliphatic rings. The minimum Gasteiger partial charge on any atom is -0.349 e. The first kappa shape index (κ1) is 20.6. The normalized spacial score (nSPS) is 13.5. The van der Waals surface area contributed by atoms with Gasteiger partial charge in [0.1, 0.15) is 0 Å². The SMILES string of the molecule is CC(=O)NC(CC(=O)N(C)CCC(N)C(C)C)c1ccc(Br)cc1.